The number of amides is 1. The van der Waals surface area contributed by atoms with E-state index in [1.807, 2.05) is 48.5 Å². The zero-order valence-corrected chi connectivity index (χ0v) is 19.1. The zero-order chi connectivity index (χ0) is 21.4. The number of carbonyl (C=O) groups excluding carboxylic acids is 1. The average molecular weight is 538 g/mol. The van der Waals surface area contributed by atoms with Crippen LogP contribution in [-0.4, -0.2) is 10.9 Å². The summed E-state index contributed by atoms with van der Waals surface area (Å²) >= 11 is 6.93. The fraction of sp³-hybridized carbons (Fsp3) is 0. The summed E-state index contributed by atoms with van der Waals surface area (Å²) in [5.41, 5.74) is 3.65. The number of aromatic nitrogens is 1. The van der Waals surface area contributed by atoms with Crippen LogP contribution in [-0.2, 0) is 0 Å². The molecule has 0 radical (unpaired) electrons. The highest BCUT2D eigenvalue weighted by Crippen LogP contribution is 2.31. The highest BCUT2D eigenvalue weighted by molar-refractivity contribution is 9.10. The van der Waals surface area contributed by atoms with Crippen LogP contribution in [0.25, 0.3) is 33.9 Å². The molecule has 0 aliphatic rings. The zero-order valence-electron chi connectivity index (χ0n) is 15.9. The van der Waals surface area contributed by atoms with Gasteiger partial charge in [-0.1, -0.05) is 40.2 Å². The molecule has 0 saturated heterocycles. The standard InChI is InChI=1S/C24H14Br2N2O3/c25-15-7-5-14(6-8-15)20-11-12-22(30-20)23(29)27-16-9-10-21-19(13-16)28-24(31-21)17-3-1-2-4-18(17)26/h1-13H,(H,27,29). The number of oxazole rings is 1. The molecule has 2 heterocycles. The molecule has 0 aliphatic heterocycles. The monoisotopic (exact) mass is 536 g/mol. The lowest BCUT2D eigenvalue weighted by atomic mass is 10.2. The largest absolute Gasteiger partial charge is 0.451 e. The van der Waals surface area contributed by atoms with Crippen LogP contribution in [0.4, 0.5) is 5.69 Å². The molecule has 0 atom stereocenters. The number of furan rings is 1. The summed E-state index contributed by atoms with van der Waals surface area (Å²) in [4.78, 5) is 17.2. The Hall–Kier alpha value is -3.16. The van der Waals surface area contributed by atoms with Crippen molar-refractivity contribution < 1.29 is 13.6 Å². The molecule has 5 rings (SSSR count). The molecule has 1 amide bonds. The van der Waals surface area contributed by atoms with Crippen molar-refractivity contribution in [3.8, 4) is 22.8 Å². The van der Waals surface area contributed by atoms with Crippen molar-refractivity contribution in [2.24, 2.45) is 0 Å². The Morgan fingerprint density at radius 1 is 0.871 bits per heavy atom. The van der Waals surface area contributed by atoms with E-state index in [-0.39, 0.29) is 11.7 Å². The van der Waals surface area contributed by atoms with E-state index in [1.54, 1.807) is 30.3 Å². The van der Waals surface area contributed by atoms with Crippen LogP contribution >= 0.6 is 31.9 Å². The van der Waals surface area contributed by atoms with Crippen molar-refractivity contribution in [2.45, 2.75) is 0 Å². The summed E-state index contributed by atoms with van der Waals surface area (Å²) in [5.74, 6) is 1.03. The third-order valence-electron chi connectivity index (χ3n) is 4.71. The minimum atomic E-state index is -0.336. The van der Waals surface area contributed by atoms with E-state index < -0.39 is 0 Å². The molecule has 0 fully saturated rings. The Balaban J connectivity index is 1.37. The van der Waals surface area contributed by atoms with Gasteiger partial charge in [0, 0.05) is 20.2 Å². The molecule has 0 spiro atoms. The van der Waals surface area contributed by atoms with Gasteiger partial charge in [-0.2, -0.15) is 0 Å². The number of carbonyl (C=O) groups is 1. The number of anilines is 1. The van der Waals surface area contributed by atoms with E-state index >= 15 is 0 Å². The number of nitrogens with one attached hydrogen (secondary N) is 1. The van der Waals surface area contributed by atoms with Crippen LogP contribution in [0.15, 0.2) is 96.6 Å². The molecule has 0 unspecified atom stereocenters. The van der Waals surface area contributed by atoms with Crippen LogP contribution in [0.1, 0.15) is 10.6 Å². The van der Waals surface area contributed by atoms with E-state index in [9.17, 15) is 4.79 Å². The van der Waals surface area contributed by atoms with Crippen LogP contribution in [0.5, 0.6) is 0 Å². The molecular formula is C24H14Br2N2O3. The van der Waals surface area contributed by atoms with Gasteiger partial charge in [-0.25, -0.2) is 4.98 Å². The highest BCUT2D eigenvalue weighted by atomic mass is 79.9. The predicted molar refractivity (Wildman–Crippen MR) is 127 cm³/mol. The van der Waals surface area contributed by atoms with Gasteiger partial charge in [0.15, 0.2) is 11.3 Å². The molecule has 3 aromatic carbocycles. The van der Waals surface area contributed by atoms with Crippen molar-refractivity contribution >= 4 is 54.6 Å². The Morgan fingerprint density at radius 2 is 1.68 bits per heavy atom. The second-order valence-electron chi connectivity index (χ2n) is 6.81. The van der Waals surface area contributed by atoms with Crippen molar-refractivity contribution in [3.05, 3.63) is 93.6 Å². The van der Waals surface area contributed by atoms with Crippen molar-refractivity contribution in [1.82, 2.24) is 4.98 Å². The van der Waals surface area contributed by atoms with Crippen molar-refractivity contribution in [3.63, 3.8) is 0 Å². The summed E-state index contributed by atoms with van der Waals surface area (Å²) in [6, 6.07) is 24.2. The molecule has 152 valence electrons. The minimum Gasteiger partial charge on any atom is -0.451 e. The Morgan fingerprint density at radius 3 is 2.48 bits per heavy atom. The number of benzene rings is 3. The molecule has 1 N–H and O–H groups in total. The predicted octanol–water partition coefficient (Wildman–Crippen LogP) is 7.53. The number of hydrogen-bond donors (Lipinski definition) is 1. The first-order valence-electron chi connectivity index (χ1n) is 9.39. The summed E-state index contributed by atoms with van der Waals surface area (Å²) in [7, 11) is 0. The number of hydrogen-bond acceptors (Lipinski definition) is 4. The van der Waals surface area contributed by atoms with Gasteiger partial charge in [0.25, 0.3) is 5.91 Å². The lowest BCUT2D eigenvalue weighted by Gasteiger charge is -2.03. The molecule has 5 aromatic rings. The van der Waals surface area contributed by atoms with Gasteiger partial charge in [-0.15, -0.1) is 0 Å². The summed E-state index contributed by atoms with van der Waals surface area (Å²) < 4.78 is 13.5. The molecular weight excluding hydrogens is 524 g/mol. The summed E-state index contributed by atoms with van der Waals surface area (Å²) in [5, 5.41) is 2.85. The summed E-state index contributed by atoms with van der Waals surface area (Å²) in [6.45, 7) is 0. The second-order valence-corrected chi connectivity index (χ2v) is 8.58. The van der Waals surface area contributed by atoms with Crippen LogP contribution in [0.3, 0.4) is 0 Å². The molecule has 7 heteroatoms. The first kappa shape index (κ1) is 19.8. The molecule has 0 aliphatic carbocycles. The SMILES string of the molecule is O=C(Nc1ccc2oc(-c3ccccc3Br)nc2c1)c1ccc(-c2ccc(Br)cc2)o1. The number of nitrogens with zero attached hydrogens (tertiary/aromatic N) is 1. The Bertz CT molecular complexity index is 1400. The van der Waals surface area contributed by atoms with Crippen LogP contribution in [0.2, 0.25) is 0 Å². The van der Waals surface area contributed by atoms with Gasteiger partial charge in [-0.3, -0.25) is 4.79 Å². The maximum absolute atomic E-state index is 12.7. The van der Waals surface area contributed by atoms with E-state index in [1.165, 1.54) is 0 Å². The van der Waals surface area contributed by atoms with Crippen molar-refractivity contribution in [1.29, 1.82) is 0 Å². The third-order valence-corrected chi connectivity index (χ3v) is 5.93. The van der Waals surface area contributed by atoms with E-state index in [0.717, 1.165) is 20.1 Å². The molecule has 0 saturated carbocycles. The molecule has 0 bridgehead atoms. The lowest BCUT2D eigenvalue weighted by Crippen LogP contribution is -2.10. The highest BCUT2D eigenvalue weighted by Gasteiger charge is 2.15. The lowest BCUT2D eigenvalue weighted by molar-refractivity contribution is 0.0997. The van der Waals surface area contributed by atoms with Gasteiger partial charge in [0.2, 0.25) is 5.89 Å². The van der Waals surface area contributed by atoms with Gasteiger partial charge in [0.1, 0.15) is 11.3 Å². The Kier molecular flexibility index (Phi) is 5.21. The fourth-order valence-corrected chi connectivity index (χ4v) is 3.90. The van der Waals surface area contributed by atoms with Crippen molar-refractivity contribution in [2.75, 3.05) is 5.32 Å². The average Bonchev–Trinajstić information content (AvgIpc) is 3.42. The van der Waals surface area contributed by atoms with E-state index in [0.29, 0.717) is 28.4 Å². The third kappa shape index (κ3) is 4.06. The Labute approximate surface area is 194 Å². The first-order chi connectivity index (χ1) is 15.1. The van der Waals surface area contributed by atoms with E-state index in [4.69, 9.17) is 8.83 Å². The maximum Gasteiger partial charge on any atom is 0.291 e. The van der Waals surface area contributed by atoms with E-state index in [2.05, 4.69) is 42.2 Å². The fourth-order valence-electron chi connectivity index (χ4n) is 3.18. The van der Waals surface area contributed by atoms with Crippen LogP contribution < -0.4 is 5.32 Å². The molecule has 31 heavy (non-hydrogen) atoms. The van der Waals surface area contributed by atoms with Gasteiger partial charge in [-0.05, 0) is 70.5 Å². The normalized spacial score (nSPS) is 11.0. The smallest absolute Gasteiger partial charge is 0.291 e. The first-order valence-corrected chi connectivity index (χ1v) is 11.0. The number of rotatable bonds is 4. The van der Waals surface area contributed by atoms with Crippen LogP contribution in [0, 0.1) is 0 Å². The van der Waals surface area contributed by atoms with Gasteiger partial charge >= 0.3 is 0 Å². The topological polar surface area (TPSA) is 68.3 Å². The minimum absolute atomic E-state index is 0.229. The molecule has 5 nitrogen and oxygen atoms in total. The second kappa shape index (κ2) is 8.17. The number of halogens is 2. The van der Waals surface area contributed by atoms with Gasteiger partial charge < -0.3 is 14.2 Å². The number of fused-ring (bicyclic) bond motifs is 1. The summed E-state index contributed by atoms with van der Waals surface area (Å²) in [6.07, 6.45) is 0. The van der Waals surface area contributed by atoms with Gasteiger partial charge in [0.05, 0.1) is 5.56 Å². The molecule has 2 aromatic heterocycles. The maximum atomic E-state index is 12.7. The quantitative estimate of drug-likeness (QED) is 0.257.